The molecule has 0 saturated heterocycles. The number of carbonyl (C=O) groups excluding carboxylic acids is 1. The summed E-state index contributed by atoms with van der Waals surface area (Å²) >= 11 is 5.97. The maximum Gasteiger partial charge on any atom is 0.271 e. The summed E-state index contributed by atoms with van der Waals surface area (Å²) in [6.07, 6.45) is 1.06. The molecule has 0 saturated carbocycles. The standard InChI is InChI=1S/C16H16ClN3O5S/c1-10-4-5-11(8-15(10)19(2)26(3,24)25)16(21)18-14-9-12(20(22)23)6-7-13(14)17/h4-9H,1-3H3,(H,18,21). The molecule has 0 unspecified atom stereocenters. The molecule has 26 heavy (non-hydrogen) atoms. The number of anilines is 2. The third-order valence-electron chi connectivity index (χ3n) is 3.72. The summed E-state index contributed by atoms with van der Waals surface area (Å²) < 4.78 is 24.6. The van der Waals surface area contributed by atoms with E-state index in [0.717, 1.165) is 16.6 Å². The molecule has 2 rings (SSSR count). The number of nitrogens with one attached hydrogen (secondary N) is 1. The van der Waals surface area contributed by atoms with Crippen LogP contribution in [0, 0.1) is 17.0 Å². The summed E-state index contributed by atoms with van der Waals surface area (Å²) in [6.45, 7) is 1.72. The lowest BCUT2D eigenvalue weighted by Gasteiger charge is -2.19. The third kappa shape index (κ3) is 4.30. The highest BCUT2D eigenvalue weighted by Gasteiger charge is 2.18. The van der Waals surface area contributed by atoms with Gasteiger partial charge in [0.2, 0.25) is 10.0 Å². The number of hydrogen-bond acceptors (Lipinski definition) is 5. The Kier molecular flexibility index (Phi) is 5.53. The quantitative estimate of drug-likeness (QED) is 0.615. The van der Waals surface area contributed by atoms with Crippen LogP contribution in [0.25, 0.3) is 0 Å². The molecule has 0 fully saturated rings. The van der Waals surface area contributed by atoms with Gasteiger partial charge in [0.1, 0.15) is 0 Å². The molecule has 0 bridgehead atoms. The SMILES string of the molecule is Cc1ccc(C(=O)Nc2cc([N+](=O)[O-])ccc2Cl)cc1N(C)S(C)(=O)=O. The van der Waals surface area contributed by atoms with Crippen molar-refractivity contribution in [3.05, 3.63) is 62.7 Å². The number of halogens is 1. The normalized spacial score (nSPS) is 11.1. The molecular weight excluding hydrogens is 382 g/mol. The van der Waals surface area contributed by atoms with Crippen LogP contribution >= 0.6 is 11.6 Å². The summed E-state index contributed by atoms with van der Waals surface area (Å²) in [5.74, 6) is -0.574. The summed E-state index contributed by atoms with van der Waals surface area (Å²) in [7, 11) is -2.11. The summed E-state index contributed by atoms with van der Waals surface area (Å²) in [4.78, 5) is 22.7. The van der Waals surface area contributed by atoms with Crippen molar-refractivity contribution in [1.29, 1.82) is 0 Å². The Morgan fingerprint density at radius 2 is 1.88 bits per heavy atom. The van der Waals surface area contributed by atoms with Gasteiger partial charge in [0.05, 0.1) is 27.6 Å². The van der Waals surface area contributed by atoms with Crippen LogP contribution in [0.4, 0.5) is 17.1 Å². The first-order valence-electron chi connectivity index (χ1n) is 7.30. The van der Waals surface area contributed by atoms with E-state index in [2.05, 4.69) is 5.32 Å². The molecule has 0 aliphatic rings. The number of carbonyl (C=O) groups is 1. The third-order valence-corrected chi connectivity index (χ3v) is 5.24. The molecule has 0 aliphatic heterocycles. The second kappa shape index (κ2) is 7.30. The number of non-ortho nitro benzene ring substituents is 1. The minimum absolute atomic E-state index is 0.0875. The number of benzene rings is 2. The fourth-order valence-electron chi connectivity index (χ4n) is 2.19. The molecule has 1 amide bonds. The van der Waals surface area contributed by atoms with Gasteiger partial charge in [-0.2, -0.15) is 0 Å². The van der Waals surface area contributed by atoms with Gasteiger partial charge in [-0.25, -0.2) is 8.42 Å². The van der Waals surface area contributed by atoms with E-state index >= 15 is 0 Å². The first-order valence-corrected chi connectivity index (χ1v) is 9.53. The molecule has 0 heterocycles. The number of sulfonamides is 1. The molecule has 0 radical (unpaired) electrons. The van der Waals surface area contributed by atoms with Crippen LogP contribution < -0.4 is 9.62 Å². The lowest BCUT2D eigenvalue weighted by atomic mass is 10.1. The number of nitrogens with zero attached hydrogens (tertiary/aromatic N) is 2. The smallest absolute Gasteiger partial charge is 0.271 e. The van der Waals surface area contributed by atoms with Gasteiger partial charge >= 0.3 is 0 Å². The average Bonchev–Trinajstić information content (AvgIpc) is 2.55. The van der Waals surface area contributed by atoms with E-state index in [4.69, 9.17) is 11.6 Å². The highest BCUT2D eigenvalue weighted by atomic mass is 35.5. The zero-order chi connectivity index (χ0) is 19.6. The molecule has 0 aromatic heterocycles. The van der Waals surface area contributed by atoms with Gasteiger partial charge in [0, 0.05) is 24.7 Å². The molecule has 8 nitrogen and oxygen atoms in total. The number of rotatable bonds is 5. The van der Waals surface area contributed by atoms with Crippen molar-refractivity contribution in [2.24, 2.45) is 0 Å². The van der Waals surface area contributed by atoms with Crippen LogP contribution in [0.15, 0.2) is 36.4 Å². The van der Waals surface area contributed by atoms with Crippen LogP contribution in [0.2, 0.25) is 5.02 Å². The van der Waals surface area contributed by atoms with Gasteiger partial charge in [-0.1, -0.05) is 17.7 Å². The molecule has 0 aliphatic carbocycles. The fraction of sp³-hybridized carbons (Fsp3) is 0.188. The largest absolute Gasteiger partial charge is 0.320 e. The van der Waals surface area contributed by atoms with Crippen LogP contribution in [-0.2, 0) is 10.0 Å². The van der Waals surface area contributed by atoms with Crippen molar-refractivity contribution < 1.29 is 18.1 Å². The van der Waals surface area contributed by atoms with Crippen LogP contribution in [0.3, 0.4) is 0 Å². The van der Waals surface area contributed by atoms with E-state index in [1.165, 1.54) is 31.3 Å². The molecule has 138 valence electrons. The van der Waals surface area contributed by atoms with Crippen LogP contribution in [0.5, 0.6) is 0 Å². The van der Waals surface area contributed by atoms with Crippen molar-refractivity contribution in [2.75, 3.05) is 22.9 Å². The highest BCUT2D eigenvalue weighted by Crippen LogP contribution is 2.28. The van der Waals surface area contributed by atoms with Crippen LogP contribution in [-0.4, -0.2) is 32.6 Å². The number of nitro benzene ring substituents is 1. The van der Waals surface area contributed by atoms with Gasteiger partial charge in [-0.05, 0) is 30.7 Å². The molecule has 0 spiro atoms. The number of aryl methyl sites for hydroxylation is 1. The number of amides is 1. The zero-order valence-electron chi connectivity index (χ0n) is 14.2. The van der Waals surface area contributed by atoms with E-state index in [9.17, 15) is 23.3 Å². The lowest BCUT2D eigenvalue weighted by molar-refractivity contribution is -0.384. The van der Waals surface area contributed by atoms with Gasteiger partial charge in [-0.15, -0.1) is 0 Å². The van der Waals surface area contributed by atoms with Crippen molar-refractivity contribution in [1.82, 2.24) is 0 Å². The van der Waals surface area contributed by atoms with Gasteiger partial charge in [0.15, 0.2) is 0 Å². The monoisotopic (exact) mass is 397 g/mol. The second-order valence-electron chi connectivity index (χ2n) is 5.61. The predicted molar refractivity (Wildman–Crippen MR) is 100 cm³/mol. The van der Waals surface area contributed by atoms with Crippen molar-refractivity contribution in [3.8, 4) is 0 Å². The Labute approximate surface area is 155 Å². The minimum atomic E-state index is -3.50. The van der Waals surface area contributed by atoms with E-state index in [1.807, 2.05) is 0 Å². The number of nitro groups is 1. The molecular formula is C16H16ClN3O5S. The topological polar surface area (TPSA) is 110 Å². The average molecular weight is 398 g/mol. The second-order valence-corrected chi connectivity index (χ2v) is 8.03. The number of hydrogen-bond donors (Lipinski definition) is 1. The summed E-state index contributed by atoms with van der Waals surface area (Å²) in [5, 5.41) is 13.5. The Balaban J connectivity index is 2.37. The van der Waals surface area contributed by atoms with Crippen LogP contribution in [0.1, 0.15) is 15.9 Å². The lowest BCUT2D eigenvalue weighted by Crippen LogP contribution is -2.26. The van der Waals surface area contributed by atoms with Crippen molar-refractivity contribution in [3.63, 3.8) is 0 Å². The molecule has 2 aromatic carbocycles. The summed E-state index contributed by atoms with van der Waals surface area (Å²) in [6, 6.07) is 8.25. The molecule has 2 aromatic rings. The Hall–Kier alpha value is -2.65. The maximum absolute atomic E-state index is 12.5. The van der Waals surface area contributed by atoms with E-state index in [1.54, 1.807) is 13.0 Å². The Morgan fingerprint density at radius 1 is 1.23 bits per heavy atom. The van der Waals surface area contributed by atoms with E-state index in [0.29, 0.717) is 11.3 Å². The fourth-order valence-corrected chi connectivity index (χ4v) is 2.90. The molecule has 0 atom stereocenters. The van der Waals surface area contributed by atoms with Crippen molar-refractivity contribution >= 4 is 44.6 Å². The zero-order valence-corrected chi connectivity index (χ0v) is 15.8. The van der Waals surface area contributed by atoms with E-state index in [-0.39, 0.29) is 22.0 Å². The highest BCUT2D eigenvalue weighted by molar-refractivity contribution is 7.92. The Morgan fingerprint density at radius 3 is 2.46 bits per heavy atom. The first kappa shape index (κ1) is 19.7. The van der Waals surface area contributed by atoms with Crippen molar-refractivity contribution in [2.45, 2.75) is 6.92 Å². The van der Waals surface area contributed by atoms with Gasteiger partial charge < -0.3 is 5.32 Å². The Bertz CT molecular complexity index is 991. The van der Waals surface area contributed by atoms with E-state index < -0.39 is 20.9 Å². The maximum atomic E-state index is 12.5. The van der Waals surface area contributed by atoms with Gasteiger partial charge in [-0.3, -0.25) is 19.2 Å². The molecule has 1 N–H and O–H groups in total. The summed E-state index contributed by atoms with van der Waals surface area (Å²) in [5.41, 5.74) is 1.08. The first-order chi connectivity index (χ1) is 12.0. The predicted octanol–water partition coefficient (Wildman–Crippen LogP) is 3.20. The van der Waals surface area contributed by atoms with Gasteiger partial charge in [0.25, 0.3) is 11.6 Å². The molecule has 10 heteroatoms. The minimum Gasteiger partial charge on any atom is -0.320 e.